The lowest BCUT2D eigenvalue weighted by molar-refractivity contribution is 0.877. The molecular formula is C16H17N3O3. The van der Waals surface area contributed by atoms with Gasteiger partial charge >= 0.3 is 5.69 Å². The van der Waals surface area contributed by atoms with E-state index in [0.29, 0.717) is 5.56 Å². The summed E-state index contributed by atoms with van der Waals surface area (Å²) in [6.07, 6.45) is 4.67. The number of nitrogens with one attached hydrogen (secondary N) is 1. The molecule has 1 N–H and O–H groups in total. The molecular weight excluding hydrogens is 282 g/mol. The Morgan fingerprint density at radius 2 is 1.73 bits per heavy atom. The van der Waals surface area contributed by atoms with E-state index in [0.717, 1.165) is 10.1 Å². The Balaban J connectivity index is 0.000000847. The number of H-pyrrole nitrogens is 1. The fourth-order valence-electron chi connectivity index (χ4n) is 2.16. The minimum Gasteiger partial charge on any atom is -0.321 e. The van der Waals surface area contributed by atoms with Crippen molar-refractivity contribution in [2.75, 3.05) is 0 Å². The maximum Gasteiger partial charge on any atom is 0.333 e. The number of pyridine rings is 2. The topological polar surface area (TPSA) is 76.3 Å². The first-order valence-electron chi connectivity index (χ1n) is 7.01. The predicted octanol–water partition coefficient (Wildman–Crippen LogP) is 1.47. The number of aryl methyl sites for hydroxylation is 1. The third-order valence-corrected chi connectivity index (χ3v) is 3.19. The normalized spacial score (nSPS) is 10.1. The zero-order valence-electron chi connectivity index (χ0n) is 12.7. The summed E-state index contributed by atoms with van der Waals surface area (Å²) in [4.78, 5) is 37.4. The largest absolute Gasteiger partial charge is 0.333 e. The van der Waals surface area contributed by atoms with Gasteiger partial charge in [-0.1, -0.05) is 19.9 Å². The average molecular weight is 299 g/mol. The summed E-state index contributed by atoms with van der Waals surface area (Å²) in [5, 5.41) is 0. The molecule has 6 heteroatoms. The standard InChI is InChI=1S/C14H11N3O3.C2H6/c1-9-10-4-2-3-6-16(10)8-11(13(9)19)17-7-5-12(18)15-14(17)20;1-2/h2-8H,1H3,(H,15,18,20);1-2H3. The van der Waals surface area contributed by atoms with E-state index in [-0.39, 0.29) is 11.1 Å². The predicted molar refractivity (Wildman–Crippen MR) is 86.0 cm³/mol. The molecule has 0 bridgehead atoms. The quantitative estimate of drug-likeness (QED) is 0.739. The van der Waals surface area contributed by atoms with Crippen LogP contribution in [0.25, 0.3) is 11.2 Å². The summed E-state index contributed by atoms with van der Waals surface area (Å²) in [6.45, 7) is 5.71. The van der Waals surface area contributed by atoms with Gasteiger partial charge in [-0.25, -0.2) is 4.79 Å². The number of rotatable bonds is 1. The number of nitrogens with zero attached hydrogens (tertiary/aromatic N) is 2. The molecule has 0 aliphatic rings. The van der Waals surface area contributed by atoms with Crippen LogP contribution in [0.5, 0.6) is 0 Å². The van der Waals surface area contributed by atoms with Crippen LogP contribution in [-0.4, -0.2) is 14.0 Å². The van der Waals surface area contributed by atoms with Crippen LogP contribution in [-0.2, 0) is 0 Å². The van der Waals surface area contributed by atoms with Gasteiger partial charge in [0.15, 0.2) is 0 Å². The van der Waals surface area contributed by atoms with Crippen molar-refractivity contribution in [3.63, 3.8) is 0 Å². The van der Waals surface area contributed by atoms with E-state index in [1.165, 1.54) is 12.3 Å². The second-order valence-electron chi connectivity index (χ2n) is 4.44. The van der Waals surface area contributed by atoms with Crippen LogP contribution in [0.1, 0.15) is 19.4 Å². The molecule has 3 rings (SSSR count). The van der Waals surface area contributed by atoms with Crippen molar-refractivity contribution in [3.8, 4) is 5.69 Å². The highest BCUT2D eigenvalue weighted by Crippen LogP contribution is 2.09. The highest BCUT2D eigenvalue weighted by molar-refractivity contribution is 5.57. The molecule has 22 heavy (non-hydrogen) atoms. The molecule has 0 aromatic carbocycles. The van der Waals surface area contributed by atoms with Gasteiger partial charge in [-0.05, 0) is 19.1 Å². The first-order valence-corrected chi connectivity index (χ1v) is 7.01. The zero-order valence-corrected chi connectivity index (χ0v) is 12.7. The van der Waals surface area contributed by atoms with Crippen molar-refractivity contribution >= 4 is 5.52 Å². The van der Waals surface area contributed by atoms with Crippen molar-refractivity contribution in [3.05, 3.63) is 79.5 Å². The average Bonchev–Trinajstić information content (AvgIpc) is 2.53. The van der Waals surface area contributed by atoms with Gasteiger partial charge in [0.2, 0.25) is 5.43 Å². The molecule has 0 spiro atoms. The molecule has 3 heterocycles. The fourth-order valence-corrected chi connectivity index (χ4v) is 2.16. The lowest BCUT2D eigenvalue weighted by Crippen LogP contribution is -2.31. The van der Waals surface area contributed by atoms with Crippen LogP contribution < -0.4 is 16.7 Å². The highest BCUT2D eigenvalue weighted by Gasteiger charge is 2.10. The SMILES string of the molecule is CC.Cc1c(=O)c(-n2ccc(=O)[nH]c2=O)cn2ccccc12. The molecule has 0 amide bonds. The first-order chi connectivity index (χ1) is 10.6. The van der Waals surface area contributed by atoms with Crippen molar-refractivity contribution in [1.82, 2.24) is 14.0 Å². The zero-order chi connectivity index (χ0) is 16.3. The van der Waals surface area contributed by atoms with E-state index in [1.54, 1.807) is 23.7 Å². The number of aromatic amines is 1. The Bertz CT molecular complexity index is 980. The monoisotopic (exact) mass is 299 g/mol. The molecule has 6 nitrogen and oxygen atoms in total. The molecule has 0 atom stereocenters. The van der Waals surface area contributed by atoms with Crippen LogP contribution in [0.15, 0.2) is 57.2 Å². The number of hydrogen-bond donors (Lipinski definition) is 1. The van der Waals surface area contributed by atoms with E-state index in [1.807, 2.05) is 32.0 Å². The molecule has 0 unspecified atom stereocenters. The minimum atomic E-state index is -0.634. The third-order valence-electron chi connectivity index (χ3n) is 3.19. The van der Waals surface area contributed by atoms with Crippen LogP contribution >= 0.6 is 0 Å². The Morgan fingerprint density at radius 1 is 1.00 bits per heavy atom. The van der Waals surface area contributed by atoms with Crippen molar-refractivity contribution in [1.29, 1.82) is 0 Å². The van der Waals surface area contributed by atoms with Gasteiger partial charge in [0.1, 0.15) is 5.69 Å². The second kappa shape index (κ2) is 6.26. The molecule has 0 aliphatic heterocycles. The molecule has 3 aromatic rings. The second-order valence-corrected chi connectivity index (χ2v) is 4.44. The molecule has 0 aliphatic carbocycles. The van der Waals surface area contributed by atoms with E-state index in [2.05, 4.69) is 4.98 Å². The summed E-state index contributed by atoms with van der Waals surface area (Å²) in [5.41, 5.74) is 0.145. The minimum absolute atomic E-state index is 0.201. The Kier molecular flexibility index (Phi) is 4.41. The third kappa shape index (κ3) is 2.63. The van der Waals surface area contributed by atoms with E-state index in [4.69, 9.17) is 0 Å². The van der Waals surface area contributed by atoms with Crippen molar-refractivity contribution in [2.45, 2.75) is 20.8 Å². The van der Waals surface area contributed by atoms with E-state index in [9.17, 15) is 14.4 Å². The summed E-state index contributed by atoms with van der Waals surface area (Å²) < 4.78 is 2.90. The Labute approximate surface area is 126 Å². The van der Waals surface area contributed by atoms with Gasteiger partial charge < -0.3 is 4.40 Å². The lowest BCUT2D eigenvalue weighted by atomic mass is 10.2. The van der Waals surface area contributed by atoms with Crippen LogP contribution in [0.3, 0.4) is 0 Å². The van der Waals surface area contributed by atoms with E-state index >= 15 is 0 Å². The van der Waals surface area contributed by atoms with Gasteiger partial charge in [-0.3, -0.25) is 19.1 Å². The van der Waals surface area contributed by atoms with Crippen LogP contribution in [0.4, 0.5) is 0 Å². The maximum absolute atomic E-state index is 12.4. The van der Waals surface area contributed by atoms with Crippen molar-refractivity contribution in [2.24, 2.45) is 0 Å². The van der Waals surface area contributed by atoms with Gasteiger partial charge in [0, 0.05) is 30.2 Å². The molecule has 0 saturated carbocycles. The summed E-state index contributed by atoms with van der Waals surface area (Å²) in [5.74, 6) is 0. The molecule has 114 valence electrons. The van der Waals surface area contributed by atoms with Crippen LogP contribution in [0.2, 0.25) is 0 Å². The molecule has 0 fully saturated rings. The van der Waals surface area contributed by atoms with E-state index < -0.39 is 11.2 Å². The fraction of sp³-hybridized carbons (Fsp3) is 0.188. The Morgan fingerprint density at radius 3 is 2.41 bits per heavy atom. The smallest absolute Gasteiger partial charge is 0.321 e. The number of hydrogen-bond acceptors (Lipinski definition) is 3. The number of fused-ring (bicyclic) bond motifs is 1. The van der Waals surface area contributed by atoms with Crippen LogP contribution in [0, 0.1) is 6.92 Å². The van der Waals surface area contributed by atoms with Gasteiger partial charge in [0.05, 0.1) is 5.52 Å². The molecule has 0 saturated heterocycles. The Hall–Kier alpha value is -2.89. The summed E-state index contributed by atoms with van der Waals surface area (Å²) >= 11 is 0. The highest BCUT2D eigenvalue weighted by atomic mass is 16.2. The summed E-state index contributed by atoms with van der Waals surface area (Å²) in [6, 6.07) is 6.70. The van der Waals surface area contributed by atoms with Crippen molar-refractivity contribution < 1.29 is 0 Å². The molecule has 0 radical (unpaired) electrons. The first kappa shape index (κ1) is 15.5. The van der Waals surface area contributed by atoms with Gasteiger partial charge in [-0.2, -0.15) is 0 Å². The van der Waals surface area contributed by atoms with Gasteiger partial charge in [0.25, 0.3) is 5.56 Å². The lowest BCUT2D eigenvalue weighted by Gasteiger charge is -2.09. The molecule has 3 aromatic heterocycles. The van der Waals surface area contributed by atoms with Gasteiger partial charge in [-0.15, -0.1) is 0 Å². The maximum atomic E-state index is 12.4. The summed E-state index contributed by atoms with van der Waals surface area (Å²) in [7, 11) is 0. The number of aromatic nitrogens is 3.